The summed E-state index contributed by atoms with van der Waals surface area (Å²) in [7, 11) is -2.23. The first-order chi connectivity index (χ1) is 14.2. The normalized spacial score (nSPS) is 17.8. The number of aliphatic hydroxyl groups is 1. The van der Waals surface area contributed by atoms with Crippen LogP contribution >= 0.6 is 0 Å². The van der Waals surface area contributed by atoms with E-state index in [1.807, 2.05) is 0 Å². The standard InChI is InChI=1S/C24H40F3NO2Si/c1-15(2)23(28-12-21(29)13-28)22-10-9-20(24(25,26)27)11-19(22)14-30-31(16(3)4,17(5)6)18(7)8/h9-11,15-18,21,23,29H,12-14H2,1-8H3. The van der Waals surface area contributed by atoms with Gasteiger partial charge in [-0.25, -0.2) is 0 Å². The van der Waals surface area contributed by atoms with Gasteiger partial charge in [0.25, 0.3) is 0 Å². The van der Waals surface area contributed by atoms with Crippen molar-refractivity contribution in [1.82, 2.24) is 4.90 Å². The molecule has 1 aliphatic rings. The van der Waals surface area contributed by atoms with Gasteiger partial charge in [0.05, 0.1) is 18.3 Å². The number of rotatable bonds is 9. The SMILES string of the molecule is CC(C)C(c1ccc(C(F)(F)F)cc1CO[Si](C(C)C)(C(C)C)C(C)C)N1CC(O)C1. The van der Waals surface area contributed by atoms with E-state index in [4.69, 9.17) is 4.43 Å². The molecule has 1 fully saturated rings. The van der Waals surface area contributed by atoms with Crippen molar-refractivity contribution >= 4 is 8.32 Å². The zero-order valence-electron chi connectivity index (χ0n) is 20.3. The van der Waals surface area contributed by atoms with Crippen LogP contribution in [0.3, 0.4) is 0 Å². The molecule has 1 heterocycles. The molecule has 1 aromatic carbocycles. The number of nitrogens with zero attached hydrogens (tertiary/aromatic N) is 1. The van der Waals surface area contributed by atoms with Gasteiger partial charge in [0.2, 0.25) is 8.32 Å². The van der Waals surface area contributed by atoms with Crippen molar-refractivity contribution in [3.8, 4) is 0 Å². The number of β-amino-alcohol motifs (C(OH)–C–C–N with tert-alkyl or cyclic N) is 1. The number of hydrogen-bond donors (Lipinski definition) is 1. The first kappa shape index (κ1) is 26.4. The summed E-state index contributed by atoms with van der Waals surface area (Å²) in [6.07, 6.45) is -4.76. The molecule has 0 radical (unpaired) electrons. The molecule has 31 heavy (non-hydrogen) atoms. The minimum absolute atomic E-state index is 0.0440. The molecule has 1 aromatic rings. The van der Waals surface area contributed by atoms with E-state index in [-0.39, 0.29) is 24.7 Å². The maximum atomic E-state index is 13.5. The second-order valence-electron chi connectivity index (χ2n) is 10.3. The van der Waals surface area contributed by atoms with Crippen molar-refractivity contribution in [2.24, 2.45) is 5.92 Å². The number of benzene rings is 1. The molecular formula is C24H40F3NO2Si. The summed E-state index contributed by atoms with van der Waals surface area (Å²) in [6, 6.07) is 4.04. The fraction of sp³-hybridized carbons (Fsp3) is 0.750. The Kier molecular flexibility index (Phi) is 8.45. The van der Waals surface area contributed by atoms with E-state index in [0.29, 0.717) is 35.3 Å². The molecule has 1 N–H and O–H groups in total. The summed E-state index contributed by atoms with van der Waals surface area (Å²) < 4.78 is 47.3. The fourth-order valence-electron chi connectivity index (χ4n) is 5.59. The maximum absolute atomic E-state index is 13.5. The van der Waals surface area contributed by atoms with Gasteiger partial charge in [0, 0.05) is 19.1 Å². The lowest BCUT2D eigenvalue weighted by Gasteiger charge is -2.45. The van der Waals surface area contributed by atoms with Crippen LogP contribution in [0.2, 0.25) is 16.6 Å². The maximum Gasteiger partial charge on any atom is 0.416 e. The van der Waals surface area contributed by atoms with Crippen LogP contribution in [0.15, 0.2) is 18.2 Å². The zero-order valence-corrected chi connectivity index (χ0v) is 21.3. The topological polar surface area (TPSA) is 32.7 Å². The largest absolute Gasteiger partial charge is 0.416 e. The molecule has 1 saturated heterocycles. The van der Waals surface area contributed by atoms with E-state index < -0.39 is 20.1 Å². The highest BCUT2D eigenvalue weighted by Gasteiger charge is 2.45. The molecule has 3 nitrogen and oxygen atoms in total. The predicted molar refractivity (Wildman–Crippen MR) is 122 cm³/mol. The average Bonchev–Trinajstić information content (AvgIpc) is 2.59. The van der Waals surface area contributed by atoms with Gasteiger partial charge in [-0.2, -0.15) is 13.2 Å². The lowest BCUT2D eigenvalue weighted by atomic mass is 9.87. The lowest BCUT2D eigenvalue weighted by Crippen LogP contribution is -2.53. The summed E-state index contributed by atoms with van der Waals surface area (Å²) in [4.78, 5) is 2.15. The molecule has 178 valence electrons. The highest BCUT2D eigenvalue weighted by Crippen LogP contribution is 2.44. The Morgan fingerprint density at radius 2 is 1.52 bits per heavy atom. The highest BCUT2D eigenvalue weighted by molar-refractivity contribution is 6.77. The van der Waals surface area contributed by atoms with E-state index in [9.17, 15) is 18.3 Å². The quantitative estimate of drug-likeness (QED) is 0.414. The summed E-state index contributed by atoms with van der Waals surface area (Å²) in [6.45, 7) is 18.5. The van der Waals surface area contributed by atoms with Crippen LogP contribution in [-0.4, -0.2) is 37.5 Å². The van der Waals surface area contributed by atoms with Crippen LogP contribution in [0.25, 0.3) is 0 Å². The Labute approximate surface area is 187 Å². The van der Waals surface area contributed by atoms with Crippen molar-refractivity contribution in [3.63, 3.8) is 0 Å². The minimum atomic E-state index is -4.39. The molecule has 2 rings (SSSR count). The van der Waals surface area contributed by atoms with Gasteiger partial charge in [-0.3, -0.25) is 4.90 Å². The smallest absolute Gasteiger partial charge is 0.412 e. The van der Waals surface area contributed by atoms with E-state index in [1.165, 1.54) is 12.1 Å². The zero-order chi connectivity index (χ0) is 23.7. The van der Waals surface area contributed by atoms with Crippen LogP contribution in [0.1, 0.15) is 78.1 Å². The van der Waals surface area contributed by atoms with Gasteiger partial charge in [-0.15, -0.1) is 0 Å². The van der Waals surface area contributed by atoms with Crippen LogP contribution in [0.5, 0.6) is 0 Å². The number of aliphatic hydroxyl groups excluding tert-OH is 1. The van der Waals surface area contributed by atoms with Crippen LogP contribution in [0, 0.1) is 5.92 Å². The Morgan fingerprint density at radius 3 is 1.90 bits per heavy atom. The van der Waals surface area contributed by atoms with Crippen LogP contribution < -0.4 is 0 Å². The summed E-state index contributed by atoms with van der Waals surface area (Å²) in [5.41, 5.74) is 1.93. The van der Waals surface area contributed by atoms with Gasteiger partial charge >= 0.3 is 6.18 Å². The first-order valence-electron chi connectivity index (χ1n) is 11.5. The van der Waals surface area contributed by atoms with E-state index in [0.717, 1.165) is 5.56 Å². The van der Waals surface area contributed by atoms with Crippen molar-refractivity contribution < 1.29 is 22.7 Å². The Morgan fingerprint density at radius 1 is 1.00 bits per heavy atom. The number of alkyl halides is 3. The summed E-state index contributed by atoms with van der Waals surface area (Å²) in [5.74, 6) is 0.199. The van der Waals surface area contributed by atoms with Crippen molar-refractivity contribution in [2.45, 2.75) is 96.9 Å². The predicted octanol–water partition coefficient (Wildman–Crippen LogP) is 6.77. The average molecular weight is 460 g/mol. The number of hydrogen-bond acceptors (Lipinski definition) is 3. The molecule has 1 atom stereocenters. The second kappa shape index (κ2) is 9.94. The second-order valence-corrected chi connectivity index (χ2v) is 15.8. The molecule has 0 saturated carbocycles. The molecule has 1 unspecified atom stereocenters. The van der Waals surface area contributed by atoms with Gasteiger partial charge in [0.15, 0.2) is 0 Å². The Bertz CT molecular complexity index is 706. The molecular weight excluding hydrogens is 419 g/mol. The lowest BCUT2D eigenvalue weighted by molar-refractivity contribution is -0.137. The minimum Gasteiger partial charge on any atom is -0.412 e. The van der Waals surface area contributed by atoms with Crippen molar-refractivity contribution in [3.05, 3.63) is 34.9 Å². The first-order valence-corrected chi connectivity index (χ1v) is 13.6. The van der Waals surface area contributed by atoms with Crippen LogP contribution in [0.4, 0.5) is 13.2 Å². The third-order valence-corrected chi connectivity index (χ3v) is 12.9. The monoisotopic (exact) mass is 459 g/mol. The van der Waals surface area contributed by atoms with Crippen molar-refractivity contribution in [1.29, 1.82) is 0 Å². The van der Waals surface area contributed by atoms with Gasteiger partial charge in [0.1, 0.15) is 0 Å². The summed E-state index contributed by atoms with van der Waals surface area (Å²) in [5, 5.41) is 9.80. The highest BCUT2D eigenvalue weighted by atomic mass is 28.4. The Hall–Kier alpha value is -0.893. The van der Waals surface area contributed by atoms with Gasteiger partial charge in [-0.05, 0) is 45.8 Å². The summed E-state index contributed by atoms with van der Waals surface area (Å²) >= 11 is 0. The van der Waals surface area contributed by atoms with Gasteiger partial charge in [-0.1, -0.05) is 61.5 Å². The molecule has 7 heteroatoms. The van der Waals surface area contributed by atoms with Crippen LogP contribution in [-0.2, 0) is 17.2 Å². The molecule has 0 aliphatic carbocycles. The van der Waals surface area contributed by atoms with E-state index in [2.05, 4.69) is 60.3 Å². The van der Waals surface area contributed by atoms with E-state index in [1.54, 1.807) is 6.07 Å². The molecule has 0 amide bonds. The molecule has 0 aromatic heterocycles. The van der Waals surface area contributed by atoms with E-state index >= 15 is 0 Å². The van der Waals surface area contributed by atoms with Crippen molar-refractivity contribution in [2.75, 3.05) is 13.1 Å². The van der Waals surface area contributed by atoms with Gasteiger partial charge < -0.3 is 9.53 Å². The number of halogens is 3. The fourth-order valence-corrected chi connectivity index (χ4v) is 11.0. The molecule has 0 bridgehead atoms. The molecule has 0 spiro atoms. The third-order valence-electron chi connectivity index (χ3n) is 6.89. The third kappa shape index (κ3) is 5.54. The number of likely N-dealkylation sites (tertiary alicyclic amines) is 1. The Balaban J connectivity index is 2.49. The molecule has 1 aliphatic heterocycles.